The molecule has 0 aliphatic carbocycles. The number of aliphatic hydroxyl groups is 1. The van der Waals surface area contributed by atoms with Crippen LogP contribution in [0.2, 0.25) is 0 Å². The van der Waals surface area contributed by atoms with Gasteiger partial charge in [-0.05, 0) is 98.9 Å². The number of hydrogen-bond donors (Lipinski definition) is 2. The highest BCUT2D eigenvalue weighted by atomic mass is 19.1. The standard InChI is InChI=1S/C34H34FN5O3/c1-21-7-8-22-16-26(35)11-14-30(22)39(21)34(43)23-10-13-31(28(17-23)37-33(42)24-4-3-15-36-18-24)38-19-25-9-12-27(20-38)40-29(25)5-2-6-32(40)41/h2-6,10-11,13-18,21,25,27,32,41H,7-9,12,19-20H2,1H3,(H,37,42). The van der Waals surface area contributed by atoms with Gasteiger partial charge in [0.1, 0.15) is 12.0 Å². The Morgan fingerprint density at radius 2 is 1.88 bits per heavy atom. The minimum atomic E-state index is -0.652. The molecule has 5 aliphatic rings. The van der Waals surface area contributed by atoms with Gasteiger partial charge in [-0.1, -0.05) is 6.08 Å². The molecule has 2 N–H and O–H groups in total. The third-order valence-electron chi connectivity index (χ3n) is 9.21. The predicted octanol–water partition coefficient (Wildman–Crippen LogP) is 5.13. The number of rotatable bonds is 4. The molecule has 220 valence electrons. The topological polar surface area (TPSA) is 89.0 Å². The first kappa shape index (κ1) is 27.3. The number of anilines is 3. The summed E-state index contributed by atoms with van der Waals surface area (Å²) in [4.78, 5) is 37.7. The molecule has 9 heteroatoms. The van der Waals surface area contributed by atoms with Crippen LogP contribution in [0.25, 0.3) is 0 Å². The Bertz CT molecular complexity index is 1640. The summed E-state index contributed by atoms with van der Waals surface area (Å²) in [6.07, 6.45) is 11.7. The second kappa shape index (κ2) is 11.0. The molecule has 4 unspecified atom stereocenters. The molecule has 0 radical (unpaired) electrons. The van der Waals surface area contributed by atoms with Crippen molar-refractivity contribution in [3.63, 3.8) is 0 Å². The van der Waals surface area contributed by atoms with Gasteiger partial charge in [-0.25, -0.2) is 4.39 Å². The Morgan fingerprint density at radius 3 is 2.72 bits per heavy atom. The van der Waals surface area contributed by atoms with Crippen LogP contribution in [-0.2, 0) is 6.42 Å². The van der Waals surface area contributed by atoms with Gasteiger partial charge in [0.05, 0.1) is 16.9 Å². The molecule has 1 aromatic heterocycles. The molecule has 0 spiro atoms. The number of nitrogens with zero attached hydrogens (tertiary/aromatic N) is 4. The van der Waals surface area contributed by atoms with E-state index >= 15 is 0 Å². The summed E-state index contributed by atoms with van der Waals surface area (Å²) in [5.74, 6) is -0.598. The molecule has 3 aromatic rings. The van der Waals surface area contributed by atoms with Crippen molar-refractivity contribution >= 4 is 28.9 Å². The normalized spacial score (nSPS) is 24.2. The average Bonchev–Trinajstić information content (AvgIpc) is 3.33. The first-order valence-electron chi connectivity index (χ1n) is 14.9. The Morgan fingerprint density at radius 1 is 1.02 bits per heavy atom. The van der Waals surface area contributed by atoms with Gasteiger partial charge in [0.15, 0.2) is 0 Å². The lowest BCUT2D eigenvalue weighted by Crippen LogP contribution is -2.48. The van der Waals surface area contributed by atoms with Crippen LogP contribution in [0.4, 0.5) is 21.5 Å². The Balaban J connectivity index is 1.26. The minimum Gasteiger partial charge on any atom is -0.370 e. The lowest BCUT2D eigenvalue weighted by molar-refractivity contribution is 0.0163. The molecular weight excluding hydrogens is 545 g/mol. The molecule has 43 heavy (non-hydrogen) atoms. The maximum atomic E-state index is 14.1. The molecule has 4 atom stereocenters. The molecular formula is C34H34FN5O3. The van der Waals surface area contributed by atoms with Crippen molar-refractivity contribution in [3.05, 3.63) is 107 Å². The molecule has 0 saturated carbocycles. The first-order valence-corrected chi connectivity index (χ1v) is 14.9. The van der Waals surface area contributed by atoms with Crippen molar-refractivity contribution in [3.8, 4) is 0 Å². The van der Waals surface area contributed by atoms with Crippen LogP contribution in [-0.4, -0.2) is 58.2 Å². The zero-order chi connectivity index (χ0) is 29.7. The number of carbonyl (C=O) groups is 2. The smallest absolute Gasteiger partial charge is 0.258 e. The van der Waals surface area contributed by atoms with E-state index in [9.17, 15) is 19.1 Å². The fourth-order valence-electron chi connectivity index (χ4n) is 7.10. The van der Waals surface area contributed by atoms with Gasteiger partial charge in [0.2, 0.25) is 0 Å². The number of aryl methyl sites for hydroxylation is 1. The highest BCUT2D eigenvalue weighted by Crippen LogP contribution is 2.42. The van der Waals surface area contributed by atoms with Gasteiger partial charge in [0.25, 0.3) is 11.8 Å². The van der Waals surface area contributed by atoms with Crippen molar-refractivity contribution in [2.75, 3.05) is 28.2 Å². The molecule has 5 aliphatic heterocycles. The SMILES string of the molecule is CC1CCc2cc(F)ccc2N1C(=O)c1ccc(N2CC3CCC(C2)N2C3=CC=CC2O)c(NC(=O)c2cccnc2)c1. The maximum Gasteiger partial charge on any atom is 0.258 e. The van der Waals surface area contributed by atoms with Crippen LogP contribution >= 0.6 is 0 Å². The number of benzene rings is 2. The van der Waals surface area contributed by atoms with E-state index in [1.807, 2.05) is 31.2 Å². The summed E-state index contributed by atoms with van der Waals surface area (Å²) in [5, 5.41) is 13.9. The number of hydrogen-bond acceptors (Lipinski definition) is 6. The quantitative estimate of drug-likeness (QED) is 0.446. The lowest BCUT2D eigenvalue weighted by atomic mass is 9.89. The summed E-state index contributed by atoms with van der Waals surface area (Å²) in [6, 6.07) is 13.5. The molecule has 6 heterocycles. The number of aromatic nitrogens is 1. The Labute approximate surface area is 250 Å². The second-order valence-electron chi connectivity index (χ2n) is 11.9. The van der Waals surface area contributed by atoms with Crippen LogP contribution < -0.4 is 15.1 Å². The van der Waals surface area contributed by atoms with E-state index in [2.05, 4.69) is 26.2 Å². The third kappa shape index (κ3) is 4.97. The van der Waals surface area contributed by atoms with Crippen molar-refractivity contribution in [2.24, 2.45) is 5.92 Å². The van der Waals surface area contributed by atoms with Crippen molar-refractivity contribution in [1.29, 1.82) is 0 Å². The van der Waals surface area contributed by atoms with E-state index in [1.165, 1.54) is 18.3 Å². The van der Waals surface area contributed by atoms with Gasteiger partial charge in [-0.2, -0.15) is 0 Å². The van der Waals surface area contributed by atoms with E-state index in [1.54, 1.807) is 35.4 Å². The van der Waals surface area contributed by atoms with E-state index in [4.69, 9.17) is 0 Å². The molecule has 2 bridgehead atoms. The molecule has 2 aromatic carbocycles. The van der Waals surface area contributed by atoms with E-state index in [0.717, 1.165) is 48.4 Å². The summed E-state index contributed by atoms with van der Waals surface area (Å²) in [6.45, 7) is 3.40. The van der Waals surface area contributed by atoms with Crippen LogP contribution in [0.1, 0.15) is 52.5 Å². The number of nitrogens with one attached hydrogen (secondary N) is 1. The number of pyridine rings is 1. The third-order valence-corrected chi connectivity index (χ3v) is 9.21. The fourth-order valence-corrected chi connectivity index (χ4v) is 7.10. The lowest BCUT2D eigenvalue weighted by Gasteiger charge is -2.43. The number of halogens is 1. The maximum absolute atomic E-state index is 14.1. The first-order chi connectivity index (χ1) is 20.9. The second-order valence-corrected chi connectivity index (χ2v) is 11.9. The number of piperidine rings is 1. The van der Waals surface area contributed by atoms with Gasteiger partial charge >= 0.3 is 0 Å². The van der Waals surface area contributed by atoms with Gasteiger partial charge in [-0.15, -0.1) is 0 Å². The fraction of sp³-hybridized carbons (Fsp3) is 0.324. The van der Waals surface area contributed by atoms with Gasteiger partial charge in [0, 0.05) is 60.4 Å². The summed E-state index contributed by atoms with van der Waals surface area (Å²) in [5.41, 5.74) is 4.89. The van der Waals surface area contributed by atoms with Gasteiger partial charge in [-0.3, -0.25) is 14.6 Å². The van der Waals surface area contributed by atoms with Crippen molar-refractivity contribution in [1.82, 2.24) is 9.88 Å². The molecule has 2 amide bonds. The number of allylic oxidation sites excluding steroid dienone is 2. The highest BCUT2D eigenvalue weighted by molar-refractivity contribution is 6.10. The molecule has 8 nitrogen and oxygen atoms in total. The summed E-state index contributed by atoms with van der Waals surface area (Å²) >= 11 is 0. The number of fused-ring (bicyclic) bond motifs is 4. The molecule has 8 rings (SSSR count). The van der Waals surface area contributed by atoms with Crippen LogP contribution in [0.3, 0.4) is 0 Å². The predicted molar refractivity (Wildman–Crippen MR) is 163 cm³/mol. The highest BCUT2D eigenvalue weighted by Gasteiger charge is 2.41. The average molecular weight is 580 g/mol. The summed E-state index contributed by atoms with van der Waals surface area (Å²) < 4.78 is 14.0. The minimum absolute atomic E-state index is 0.0643. The zero-order valence-electron chi connectivity index (χ0n) is 24.0. The van der Waals surface area contributed by atoms with E-state index < -0.39 is 6.23 Å². The Hall–Kier alpha value is -4.50. The Kier molecular flexibility index (Phi) is 6.97. The van der Waals surface area contributed by atoms with Crippen LogP contribution in [0.5, 0.6) is 0 Å². The monoisotopic (exact) mass is 579 g/mol. The molecule has 3 saturated heterocycles. The van der Waals surface area contributed by atoms with E-state index in [0.29, 0.717) is 29.8 Å². The van der Waals surface area contributed by atoms with Crippen molar-refractivity contribution < 1.29 is 19.1 Å². The van der Waals surface area contributed by atoms with Crippen LogP contribution in [0, 0.1) is 11.7 Å². The number of amides is 2. The zero-order valence-corrected chi connectivity index (χ0v) is 24.0. The largest absolute Gasteiger partial charge is 0.370 e. The van der Waals surface area contributed by atoms with Crippen LogP contribution in [0.15, 0.2) is 84.8 Å². The number of carbonyl (C=O) groups excluding carboxylic acids is 2. The number of aliphatic hydroxyl groups excluding tert-OH is 1. The summed E-state index contributed by atoms with van der Waals surface area (Å²) in [7, 11) is 0. The van der Waals surface area contributed by atoms with Crippen molar-refractivity contribution in [2.45, 2.75) is 50.9 Å². The van der Waals surface area contributed by atoms with E-state index in [-0.39, 0.29) is 35.6 Å². The van der Waals surface area contributed by atoms with Gasteiger partial charge < -0.3 is 25.1 Å². The molecule has 3 fully saturated rings.